The second kappa shape index (κ2) is 10.0. The van der Waals surface area contributed by atoms with E-state index in [0.717, 1.165) is 23.3 Å². The highest BCUT2D eigenvalue weighted by Gasteiger charge is 2.46. The first kappa shape index (κ1) is 24.4. The summed E-state index contributed by atoms with van der Waals surface area (Å²) >= 11 is 0. The Hall–Kier alpha value is -4.26. The number of aliphatic hydroxyl groups excluding tert-OH is 1. The third kappa shape index (κ3) is 4.77. The highest BCUT2D eigenvalue weighted by Crippen LogP contribution is 2.42. The summed E-state index contributed by atoms with van der Waals surface area (Å²) in [4.78, 5) is 28.3. The Labute approximate surface area is 215 Å². The SMILES string of the molecule is COc1cccc(CN2C(=O)C(=O)/C(=C(\O)c3ccc4c(c3)CCO4)C2c2cccc(OC(C)C)c2)c1. The fraction of sp³-hybridized carbons (Fsp3) is 0.267. The van der Waals surface area contributed by atoms with E-state index in [1.807, 2.05) is 68.4 Å². The standard InChI is InChI=1S/C30H29NO6/c1-18(2)37-24-9-5-7-21(16-24)27-26(28(32)22-10-11-25-20(15-22)12-13-36-25)29(33)30(34)31(27)17-19-6-4-8-23(14-19)35-3/h4-11,14-16,18,27,32H,12-13,17H2,1-3H3/b28-26-. The molecular formula is C30H29NO6. The van der Waals surface area contributed by atoms with Gasteiger partial charge in [0, 0.05) is 18.5 Å². The number of rotatable bonds is 7. The fourth-order valence-electron chi connectivity index (χ4n) is 4.88. The van der Waals surface area contributed by atoms with Crippen molar-refractivity contribution in [2.75, 3.05) is 13.7 Å². The van der Waals surface area contributed by atoms with Crippen molar-refractivity contribution in [3.05, 3.63) is 94.6 Å². The van der Waals surface area contributed by atoms with E-state index in [9.17, 15) is 14.7 Å². The Morgan fingerprint density at radius 1 is 1.05 bits per heavy atom. The molecule has 2 heterocycles. The molecule has 1 N–H and O–H groups in total. The van der Waals surface area contributed by atoms with Crippen LogP contribution in [-0.2, 0) is 22.6 Å². The minimum absolute atomic E-state index is 0.0490. The average molecular weight is 500 g/mol. The molecule has 3 aromatic rings. The Morgan fingerprint density at radius 3 is 2.62 bits per heavy atom. The van der Waals surface area contributed by atoms with E-state index in [-0.39, 0.29) is 24.0 Å². The fourth-order valence-corrected chi connectivity index (χ4v) is 4.88. The smallest absolute Gasteiger partial charge is 0.295 e. The molecule has 1 fully saturated rings. The number of carbonyl (C=O) groups excluding carboxylic acids is 2. The van der Waals surface area contributed by atoms with Crippen molar-refractivity contribution in [2.45, 2.75) is 39.0 Å². The van der Waals surface area contributed by atoms with Crippen LogP contribution in [0.15, 0.2) is 72.3 Å². The van der Waals surface area contributed by atoms with Gasteiger partial charge in [-0.05, 0) is 73.0 Å². The van der Waals surface area contributed by atoms with Gasteiger partial charge in [0.05, 0.1) is 31.4 Å². The van der Waals surface area contributed by atoms with E-state index in [1.54, 1.807) is 19.2 Å². The molecule has 7 nitrogen and oxygen atoms in total. The molecule has 1 amide bonds. The summed E-state index contributed by atoms with van der Waals surface area (Å²) < 4.78 is 16.8. The van der Waals surface area contributed by atoms with Crippen molar-refractivity contribution in [3.63, 3.8) is 0 Å². The second-order valence-corrected chi connectivity index (χ2v) is 9.44. The zero-order valence-electron chi connectivity index (χ0n) is 21.1. The third-order valence-electron chi connectivity index (χ3n) is 6.54. The lowest BCUT2D eigenvalue weighted by molar-refractivity contribution is -0.140. The van der Waals surface area contributed by atoms with E-state index in [0.29, 0.717) is 29.2 Å². The summed E-state index contributed by atoms with van der Waals surface area (Å²) in [6.07, 6.45) is 0.672. The van der Waals surface area contributed by atoms with Gasteiger partial charge in [-0.1, -0.05) is 24.3 Å². The predicted octanol–water partition coefficient (Wildman–Crippen LogP) is 5.04. The third-order valence-corrected chi connectivity index (χ3v) is 6.54. The Bertz CT molecular complexity index is 1390. The van der Waals surface area contributed by atoms with Crippen LogP contribution in [0, 0.1) is 0 Å². The quantitative estimate of drug-likeness (QED) is 0.279. The van der Waals surface area contributed by atoms with Crippen LogP contribution >= 0.6 is 0 Å². The number of hydrogen-bond donors (Lipinski definition) is 1. The van der Waals surface area contributed by atoms with E-state index >= 15 is 0 Å². The van der Waals surface area contributed by atoms with Crippen molar-refractivity contribution >= 4 is 17.4 Å². The summed E-state index contributed by atoms with van der Waals surface area (Å²) in [6, 6.07) is 19.2. The number of Topliss-reactive ketones (excluding diaryl/α,β-unsaturated/α-hetero) is 1. The summed E-state index contributed by atoms with van der Waals surface area (Å²) in [7, 11) is 1.58. The molecule has 5 rings (SSSR count). The van der Waals surface area contributed by atoms with Crippen molar-refractivity contribution < 1.29 is 28.9 Å². The van der Waals surface area contributed by atoms with Crippen molar-refractivity contribution in [1.29, 1.82) is 0 Å². The number of amides is 1. The van der Waals surface area contributed by atoms with Crippen molar-refractivity contribution in [1.82, 2.24) is 4.90 Å². The number of carbonyl (C=O) groups is 2. The van der Waals surface area contributed by atoms with Crippen LogP contribution in [0.25, 0.3) is 5.76 Å². The molecule has 7 heteroatoms. The van der Waals surface area contributed by atoms with Crippen LogP contribution < -0.4 is 14.2 Å². The molecule has 2 aliphatic rings. The van der Waals surface area contributed by atoms with Gasteiger partial charge in [-0.25, -0.2) is 0 Å². The van der Waals surface area contributed by atoms with Gasteiger partial charge in [0.1, 0.15) is 23.0 Å². The van der Waals surface area contributed by atoms with Crippen LogP contribution in [0.1, 0.15) is 42.1 Å². The van der Waals surface area contributed by atoms with E-state index in [4.69, 9.17) is 14.2 Å². The van der Waals surface area contributed by atoms with Gasteiger partial charge in [0.15, 0.2) is 0 Å². The van der Waals surface area contributed by atoms with Gasteiger partial charge < -0.3 is 24.2 Å². The summed E-state index contributed by atoms with van der Waals surface area (Å²) in [5, 5.41) is 11.4. The number of benzene rings is 3. The van der Waals surface area contributed by atoms with E-state index in [1.165, 1.54) is 4.90 Å². The number of methoxy groups -OCH3 is 1. The van der Waals surface area contributed by atoms with Gasteiger partial charge >= 0.3 is 0 Å². The molecular weight excluding hydrogens is 470 g/mol. The number of likely N-dealkylation sites (tertiary alicyclic amines) is 1. The summed E-state index contributed by atoms with van der Waals surface area (Å²) in [6.45, 7) is 4.60. The van der Waals surface area contributed by atoms with Crippen LogP contribution in [0.5, 0.6) is 17.2 Å². The summed E-state index contributed by atoms with van der Waals surface area (Å²) in [5.74, 6) is 0.435. The highest BCUT2D eigenvalue weighted by molar-refractivity contribution is 6.46. The van der Waals surface area contributed by atoms with Crippen LogP contribution in [-0.4, -0.2) is 41.5 Å². The Morgan fingerprint density at radius 2 is 1.84 bits per heavy atom. The maximum Gasteiger partial charge on any atom is 0.295 e. The second-order valence-electron chi connectivity index (χ2n) is 9.44. The zero-order chi connectivity index (χ0) is 26.1. The van der Waals surface area contributed by atoms with Crippen molar-refractivity contribution in [2.24, 2.45) is 0 Å². The van der Waals surface area contributed by atoms with Gasteiger partial charge in [0.25, 0.3) is 11.7 Å². The summed E-state index contributed by atoms with van der Waals surface area (Å²) in [5.41, 5.74) is 2.96. The molecule has 2 aliphatic heterocycles. The largest absolute Gasteiger partial charge is 0.507 e. The first-order chi connectivity index (χ1) is 17.9. The first-order valence-corrected chi connectivity index (χ1v) is 12.3. The van der Waals surface area contributed by atoms with E-state index in [2.05, 4.69) is 0 Å². The van der Waals surface area contributed by atoms with Gasteiger partial charge in [-0.15, -0.1) is 0 Å². The molecule has 0 bridgehead atoms. The minimum atomic E-state index is -0.800. The highest BCUT2D eigenvalue weighted by atomic mass is 16.5. The monoisotopic (exact) mass is 499 g/mol. The number of aliphatic hydroxyl groups is 1. The zero-order valence-corrected chi connectivity index (χ0v) is 21.1. The average Bonchev–Trinajstić information content (AvgIpc) is 3.46. The van der Waals surface area contributed by atoms with Crippen LogP contribution in [0.3, 0.4) is 0 Å². The molecule has 1 saturated heterocycles. The lowest BCUT2D eigenvalue weighted by Gasteiger charge is -2.26. The lowest BCUT2D eigenvalue weighted by Crippen LogP contribution is -2.29. The van der Waals surface area contributed by atoms with Gasteiger partial charge in [0.2, 0.25) is 0 Å². The first-order valence-electron chi connectivity index (χ1n) is 12.3. The molecule has 1 atom stereocenters. The maximum atomic E-state index is 13.4. The number of fused-ring (bicyclic) bond motifs is 1. The van der Waals surface area contributed by atoms with Gasteiger partial charge in [-0.3, -0.25) is 9.59 Å². The molecule has 3 aromatic carbocycles. The molecule has 1 unspecified atom stereocenters. The Balaban J connectivity index is 1.63. The number of nitrogens with zero attached hydrogens (tertiary/aromatic N) is 1. The predicted molar refractivity (Wildman–Crippen MR) is 139 cm³/mol. The molecule has 0 spiro atoms. The molecule has 190 valence electrons. The van der Waals surface area contributed by atoms with E-state index < -0.39 is 17.7 Å². The molecule has 0 aliphatic carbocycles. The molecule has 0 aromatic heterocycles. The Kier molecular flexibility index (Phi) is 6.61. The lowest BCUT2D eigenvalue weighted by atomic mass is 9.94. The number of hydrogen-bond acceptors (Lipinski definition) is 6. The normalized spacial score (nSPS) is 18.2. The molecule has 0 radical (unpaired) electrons. The number of ketones is 1. The van der Waals surface area contributed by atoms with Crippen molar-refractivity contribution in [3.8, 4) is 17.2 Å². The van der Waals surface area contributed by atoms with Gasteiger partial charge in [-0.2, -0.15) is 0 Å². The maximum absolute atomic E-state index is 13.4. The topological polar surface area (TPSA) is 85.3 Å². The van der Waals surface area contributed by atoms with Crippen LogP contribution in [0.2, 0.25) is 0 Å². The minimum Gasteiger partial charge on any atom is -0.507 e. The number of ether oxygens (including phenoxy) is 3. The molecule has 37 heavy (non-hydrogen) atoms. The molecule has 0 saturated carbocycles. The van der Waals surface area contributed by atoms with Crippen LogP contribution in [0.4, 0.5) is 0 Å².